The molecule has 1 amide bonds. The van der Waals surface area contributed by atoms with Gasteiger partial charge < -0.3 is 11.1 Å². The highest BCUT2D eigenvalue weighted by molar-refractivity contribution is 7.07. The van der Waals surface area contributed by atoms with Gasteiger partial charge in [-0.1, -0.05) is 6.07 Å². The van der Waals surface area contributed by atoms with Crippen molar-refractivity contribution >= 4 is 33.7 Å². The van der Waals surface area contributed by atoms with Gasteiger partial charge in [0.1, 0.15) is 0 Å². The zero-order valence-corrected chi connectivity index (χ0v) is 12.1. The summed E-state index contributed by atoms with van der Waals surface area (Å²) in [4.78, 5) is 16.1. The molecule has 21 heavy (non-hydrogen) atoms. The molecule has 0 fully saturated rings. The largest absolute Gasteiger partial charge is 0.326 e. The first-order valence-corrected chi connectivity index (χ1v) is 7.58. The van der Waals surface area contributed by atoms with Crippen LogP contribution in [0.5, 0.6) is 0 Å². The number of rotatable bonds is 4. The van der Waals surface area contributed by atoms with Crippen molar-refractivity contribution in [3.63, 3.8) is 0 Å². The van der Waals surface area contributed by atoms with Gasteiger partial charge in [-0.25, -0.2) is 0 Å². The van der Waals surface area contributed by atoms with Crippen LogP contribution in [0.15, 0.2) is 53.5 Å². The fraction of sp³-hybridized carbons (Fsp3) is 0.125. The van der Waals surface area contributed by atoms with Gasteiger partial charge in [0.15, 0.2) is 0 Å². The van der Waals surface area contributed by atoms with Gasteiger partial charge >= 0.3 is 0 Å². The lowest BCUT2D eigenvalue weighted by Crippen LogP contribution is -2.20. The highest BCUT2D eigenvalue weighted by Gasteiger charge is 2.12. The van der Waals surface area contributed by atoms with Crippen molar-refractivity contribution < 1.29 is 4.79 Å². The van der Waals surface area contributed by atoms with E-state index >= 15 is 0 Å². The number of carbonyl (C=O) groups is 1. The molecule has 3 aromatic rings. The Morgan fingerprint density at radius 1 is 1.29 bits per heavy atom. The number of anilines is 1. The van der Waals surface area contributed by atoms with E-state index < -0.39 is 0 Å². The summed E-state index contributed by atoms with van der Waals surface area (Å²) in [5, 5.41) is 8.92. The number of nitrogens with one attached hydrogen (secondary N) is 1. The van der Waals surface area contributed by atoms with Gasteiger partial charge in [-0.15, -0.1) is 0 Å². The van der Waals surface area contributed by atoms with Crippen LogP contribution in [0.2, 0.25) is 0 Å². The number of aromatic nitrogens is 1. The first-order chi connectivity index (χ1) is 10.2. The van der Waals surface area contributed by atoms with E-state index in [1.54, 1.807) is 23.7 Å². The Morgan fingerprint density at radius 3 is 3.00 bits per heavy atom. The van der Waals surface area contributed by atoms with E-state index in [0.717, 1.165) is 22.0 Å². The van der Waals surface area contributed by atoms with Gasteiger partial charge in [-0.05, 0) is 46.0 Å². The lowest BCUT2D eigenvalue weighted by Gasteiger charge is -2.11. The number of nitrogens with zero attached hydrogens (tertiary/aromatic N) is 1. The van der Waals surface area contributed by atoms with E-state index in [2.05, 4.69) is 10.3 Å². The Labute approximate surface area is 126 Å². The maximum atomic E-state index is 12.1. The SMILES string of the molecule is N[C@H](CC(=O)Nc1ccc2cnccc2c1)c1ccsc1. The van der Waals surface area contributed by atoms with Crippen LogP contribution >= 0.6 is 11.3 Å². The zero-order valence-electron chi connectivity index (χ0n) is 11.3. The Hall–Kier alpha value is -2.24. The second-order valence-electron chi connectivity index (χ2n) is 4.85. The fourth-order valence-corrected chi connectivity index (χ4v) is 2.90. The number of hydrogen-bond donors (Lipinski definition) is 2. The minimum absolute atomic E-state index is 0.0814. The molecule has 4 nitrogen and oxygen atoms in total. The second-order valence-corrected chi connectivity index (χ2v) is 5.63. The third kappa shape index (κ3) is 3.26. The summed E-state index contributed by atoms with van der Waals surface area (Å²) in [5.74, 6) is -0.0814. The summed E-state index contributed by atoms with van der Waals surface area (Å²) < 4.78 is 0. The van der Waals surface area contributed by atoms with Crippen molar-refractivity contribution in [1.82, 2.24) is 4.98 Å². The first kappa shape index (κ1) is 13.7. The minimum atomic E-state index is -0.263. The summed E-state index contributed by atoms with van der Waals surface area (Å²) in [5.41, 5.74) is 7.80. The molecule has 0 radical (unpaired) electrons. The third-order valence-corrected chi connectivity index (χ3v) is 4.00. The van der Waals surface area contributed by atoms with Gasteiger partial charge in [-0.3, -0.25) is 9.78 Å². The van der Waals surface area contributed by atoms with Crippen LogP contribution in [0, 0.1) is 0 Å². The molecule has 0 bridgehead atoms. The Morgan fingerprint density at radius 2 is 2.19 bits per heavy atom. The molecule has 0 saturated carbocycles. The summed E-state index contributed by atoms with van der Waals surface area (Å²) in [7, 11) is 0. The maximum Gasteiger partial charge on any atom is 0.226 e. The summed E-state index contributed by atoms with van der Waals surface area (Å²) in [6, 6.07) is 9.36. The molecule has 1 atom stereocenters. The van der Waals surface area contributed by atoms with Crippen LogP contribution in [-0.2, 0) is 4.79 Å². The molecule has 2 heterocycles. The van der Waals surface area contributed by atoms with Gasteiger partial charge in [0.25, 0.3) is 0 Å². The predicted octanol–water partition coefficient (Wildman–Crippen LogP) is 3.32. The number of fused-ring (bicyclic) bond motifs is 1. The standard InChI is InChI=1S/C16H15N3OS/c17-15(13-4-6-21-10-13)8-16(20)19-14-2-1-12-9-18-5-3-11(12)7-14/h1-7,9-10,15H,8,17H2,(H,19,20)/t15-/m1/s1. The Bertz CT molecular complexity index is 755. The Balaban J connectivity index is 1.68. The van der Waals surface area contributed by atoms with Crippen molar-refractivity contribution in [2.24, 2.45) is 5.73 Å². The van der Waals surface area contributed by atoms with Crippen LogP contribution in [0.1, 0.15) is 18.0 Å². The second kappa shape index (κ2) is 6.03. The molecular weight excluding hydrogens is 282 g/mol. The molecule has 1 aromatic carbocycles. The van der Waals surface area contributed by atoms with Gasteiger partial charge in [0, 0.05) is 35.9 Å². The van der Waals surface area contributed by atoms with Crippen LogP contribution in [0.3, 0.4) is 0 Å². The third-order valence-electron chi connectivity index (χ3n) is 3.30. The molecule has 0 saturated heterocycles. The number of hydrogen-bond acceptors (Lipinski definition) is 4. The normalized spacial score (nSPS) is 12.2. The maximum absolute atomic E-state index is 12.1. The Kier molecular flexibility index (Phi) is 3.94. The molecule has 0 unspecified atom stereocenters. The van der Waals surface area contributed by atoms with Crippen molar-refractivity contribution in [2.75, 3.05) is 5.32 Å². The topological polar surface area (TPSA) is 68.0 Å². The van der Waals surface area contributed by atoms with Crippen LogP contribution in [-0.4, -0.2) is 10.9 Å². The molecule has 5 heteroatoms. The van der Waals surface area contributed by atoms with E-state index in [4.69, 9.17) is 5.73 Å². The molecule has 0 spiro atoms. The van der Waals surface area contributed by atoms with E-state index in [9.17, 15) is 4.79 Å². The molecule has 0 aliphatic rings. The van der Waals surface area contributed by atoms with Crippen molar-refractivity contribution in [3.05, 3.63) is 59.0 Å². The summed E-state index contributed by atoms with van der Waals surface area (Å²) >= 11 is 1.58. The molecule has 0 aliphatic heterocycles. The highest BCUT2D eigenvalue weighted by Crippen LogP contribution is 2.20. The zero-order chi connectivity index (χ0) is 14.7. The molecule has 3 N–H and O–H groups in total. The number of thiophene rings is 1. The number of pyridine rings is 1. The van der Waals surface area contributed by atoms with E-state index in [-0.39, 0.29) is 18.4 Å². The number of carbonyl (C=O) groups excluding carboxylic acids is 1. The fourth-order valence-electron chi connectivity index (χ4n) is 2.18. The smallest absolute Gasteiger partial charge is 0.226 e. The van der Waals surface area contributed by atoms with E-state index in [1.165, 1.54) is 0 Å². The first-order valence-electron chi connectivity index (χ1n) is 6.64. The van der Waals surface area contributed by atoms with Crippen LogP contribution in [0.4, 0.5) is 5.69 Å². The lowest BCUT2D eigenvalue weighted by atomic mass is 10.1. The van der Waals surface area contributed by atoms with Crippen molar-refractivity contribution in [2.45, 2.75) is 12.5 Å². The summed E-state index contributed by atoms with van der Waals surface area (Å²) in [6.07, 6.45) is 3.80. The van der Waals surface area contributed by atoms with Gasteiger partial charge in [0.05, 0.1) is 0 Å². The molecule has 3 rings (SSSR count). The lowest BCUT2D eigenvalue weighted by molar-refractivity contribution is -0.116. The summed E-state index contributed by atoms with van der Waals surface area (Å²) in [6.45, 7) is 0. The van der Waals surface area contributed by atoms with Crippen LogP contribution < -0.4 is 11.1 Å². The molecule has 2 aromatic heterocycles. The van der Waals surface area contributed by atoms with Gasteiger partial charge in [-0.2, -0.15) is 11.3 Å². The minimum Gasteiger partial charge on any atom is -0.326 e. The quantitative estimate of drug-likeness (QED) is 0.776. The monoisotopic (exact) mass is 297 g/mol. The van der Waals surface area contributed by atoms with Gasteiger partial charge in [0.2, 0.25) is 5.91 Å². The average molecular weight is 297 g/mol. The highest BCUT2D eigenvalue weighted by atomic mass is 32.1. The van der Waals surface area contributed by atoms with Crippen molar-refractivity contribution in [1.29, 1.82) is 0 Å². The number of benzene rings is 1. The average Bonchev–Trinajstić information content (AvgIpc) is 3.01. The van der Waals surface area contributed by atoms with E-state index in [0.29, 0.717) is 0 Å². The molecule has 106 valence electrons. The predicted molar refractivity (Wildman–Crippen MR) is 86.2 cm³/mol. The molecular formula is C16H15N3OS. The van der Waals surface area contributed by atoms with Crippen LogP contribution in [0.25, 0.3) is 10.8 Å². The number of amides is 1. The molecule has 0 aliphatic carbocycles. The van der Waals surface area contributed by atoms with E-state index in [1.807, 2.05) is 41.1 Å². The van der Waals surface area contributed by atoms with Crippen molar-refractivity contribution in [3.8, 4) is 0 Å². The number of nitrogens with two attached hydrogens (primary N) is 1.